The van der Waals surface area contributed by atoms with Crippen molar-refractivity contribution in [3.8, 4) is 11.5 Å². The van der Waals surface area contributed by atoms with E-state index in [2.05, 4.69) is 15.9 Å². The fourth-order valence-corrected chi connectivity index (χ4v) is 2.02. The van der Waals surface area contributed by atoms with Crippen LogP contribution in [0.4, 0.5) is 4.39 Å². The molecule has 0 bridgehead atoms. The van der Waals surface area contributed by atoms with E-state index in [1.54, 1.807) is 12.1 Å². The molecule has 1 nitrogen and oxygen atoms in total. The van der Waals surface area contributed by atoms with Gasteiger partial charge in [0.25, 0.3) is 0 Å². The molecule has 2 aromatic rings. The number of halogens is 3. The first-order chi connectivity index (χ1) is 8.60. The number of benzene rings is 2. The van der Waals surface area contributed by atoms with E-state index < -0.39 is 5.82 Å². The maximum atomic E-state index is 13.8. The molecule has 18 heavy (non-hydrogen) atoms. The summed E-state index contributed by atoms with van der Waals surface area (Å²) in [5, 5.41) is 0. The summed E-state index contributed by atoms with van der Waals surface area (Å²) < 4.78 is 20.2. The van der Waals surface area contributed by atoms with Crippen LogP contribution in [0.25, 0.3) is 0 Å². The van der Waals surface area contributed by atoms with E-state index >= 15 is 0 Å². The highest BCUT2D eigenvalue weighted by molar-refractivity contribution is 9.10. The summed E-state index contributed by atoms with van der Waals surface area (Å²) in [6.45, 7) is 1.91. The Morgan fingerprint density at radius 1 is 1.17 bits per heavy atom. The summed E-state index contributed by atoms with van der Waals surface area (Å²) in [5.41, 5.74) is 1.67. The van der Waals surface area contributed by atoms with Crippen LogP contribution in [0.3, 0.4) is 0 Å². The van der Waals surface area contributed by atoms with E-state index in [-0.39, 0.29) is 11.6 Å². The van der Waals surface area contributed by atoms with Gasteiger partial charge in [0, 0.05) is 10.4 Å². The van der Waals surface area contributed by atoms with Crippen molar-refractivity contribution in [3.05, 3.63) is 57.8 Å². The monoisotopic (exact) mass is 328 g/mol. The molecule has 0 radical (unpaired) electrons. The molecule has 0 aliphatic carbocycles. The van der Waals surface area contributed by atoms with Crippen LogP contribution in [-0.4, -0.2) is 0 Å². The average molecular weight is 330 g/mol. The Labute approximate surface area is 119 Å². The van der Waals surface area contributed by atoms with Gasteiger partial charge in [0.1, 0.15) is 5.75 Å². The van der Waals surface area contributed by atoms with Crippen LogP contribution in [0.15, 0.2) is 40.9 Å². The lowest BCUT2D eigenvalue weighted by Crippen LogP contribution is -1.92. The Kier molecular flexibility index (Phi) is 4.25. The Hall–Kier alpha value is -1.06. The van der Waals surface area contributed by atoms with Gasteiger partial charge in [-0.3, -0.25) is 0 Å². The Morgan fingerprint density at radius 2 is 1.94 bits per heavy atom. The Bertz CT molecular complexity index is 572. The smallest absolute Gasteiger partial charge is 0.166 e. The van der Waals surface area contributed by atoms with E-state index in [0.29, 0.717) is 5.75 Å². The molecular weight excluding hydrogens is 319 g/mol. The molecule has 2 rings (SSSR count). The fourth-order valence-electron chi connectivity index (χ4n) is 1.51. The maximum Gasteiger partial charge on any atom is 0.166 e. The van der Waals surface area contributed by atoms with Crippen LogP contribution in [0.5, 0.6) is 11.5 Å². The summed E-state index contributed by atoms with van der Waals surface area (Å²) in [5.74, 6) is 0.701. The third-order valence-corrected chi connectivity index (χ3v) is 3.32. The molecule has 0 amide bonds. The van der Waals surface area contributed by atoms with Crippen LogP contribution in [0, 0.1) is 12.7 Å². The van der Waals surface area contributed by atoms with Gasteiger partial charge >= 0.3 is 0 Å². The molecule has 0 aliphatic heterocycles. The number of rotatable bonds is 3. The molecule has 2 aromatic carbocycles. The van der Waals surface area contributed by atoms with E-state index in [0.717, 1.165) is 15.6 Å². The second kappa shape index (κ2) is 5.72. The van der Waals surface area contributed by atoms with Crippen molar-refractivity contribution in [1.82, 2.24) is 0 Å². The molecule has 0 saturated heterocycles. The maximum absolute atomic E-state index is 13.8. The molecule has 0 unspecified atom stereocenters. The zero-order chi connectivity index (χ0) is 13.1. The van der Waals surface area contributed by atoms with Crippen LogP contribution < -0.4 is 4.74 Å². The molecule has 0 heterocycles. The van der Waals surface area contributed by atoms with Crippen LogP contribution >= 0.6 is 27.5 Å². The summed E-state index contributed by atoms with van der Waals surface area (Å²) in [6, 6.07) is 10.4. The third-order valence-electron chi connectivity index (χ3n) is 2.52. The van der Waals surface area contributed by atoms with Gasteiger partial charge in [-0.05, 0) is 42.3 Å². The molecule has 0 spiro atoms. The molecule has 0 aromatic heterocycles. The topological polar surface area (TPSA) is 9.23 Å². The molecule has 0 saturated carbocycles. The van der Waals surface area contributed by atoms with Gasteiger partial charge < -0.3 is 4.74 Å². The molecule has 0 atom stereocenters. The highest BCUT2D eigenvalue weighted by atomic mass is 79.9. The van der Waals surface area contributed by atoms with Crippen molar-refractivity contribution in [2.24, 2.45) is 0 Å². The molecule has 0 aliphatic rings. The quantitative estimate of drug-likeness (QED) is 0.682. The summed E-state index contributed by atoms with van der Waals surface area (Å²) >= 11 is 9.00. The van der Waals surface area contributed by atoms with Gasteiger partial charge in [0.15, 0.2) is 11.6 Å². The van der Waals surface area contributed by atoms with Gasteiger partial charge in [-0.15, -0.1) is 11.6 Å². The first-order valence-corrected chi connectivity index (χ1v) is 6.71. The van der Waals surface area contributed by atoms with Crippen molar-refractivity contribution < 1.29 is 9.13 Å². The van der Waals surface area contributed by atoms with Crippen LogP contribution in [0.2, 0.25) is 0 Å². The van der Waals surface area contributed by atoms with Gasteiger partial charge in [-0.2, -0.15) is 0 Å². The van der Waals surface area contributed by atoms with Crippen molar-refractivity contribution >= 4 is 27.5 Å². The van der Waals surface area contributed by atoms with E-state index in [4.69, 9.17) is 16.3 Å². The van der Waals surface area contributed by atoms with E-state index in [9.17, 15) is 4.39 Å². The molecule has 0 N–H and O–H groups in total. The van der Waals surface area contributed by atoms with Crippen molar-refractivity contribution in [2.75, 3.05) is 0 Å². The van der Waals surface area contributed by atoms with E-state index in [1.807, 2.05) is 25.1 Å². The lowest BCUT2D eigenvalue weighted by atomic mass is 10.2. The SMILES string of the molecule is Cc1ccc(Br)cc1Oc1ccc(CCl)cc1F. The largest absolute Gasteiger partial charge is 0.454 e. The molecule has 4 heteroatoms. The van der Waals surface area contributed by atoms with Crippen molar-refractivity contribution in [2.45, 2.75) is 12.8 Å². The van der Waals surface area contributed by atoms with Crippen LogP contribution in [-0.2, 0) is 5.88 Å². The van der Waals surface area contributed by atoms with Gasteiger partial charge in [0.2, 0.25) is 0 Å². The molecule has 94 valence electrons. The van der Waals surface area contributed by atoms with Gasteiger partial charge in [0.05, 0.1) is 0 Å². The lowest BCUT2D eigenvalue weighted by molar-refractivity contribution is 0.439. The summed E-state index contributed by atoms with van der Waals surface area (Å²) in [6.07, 6.45) is 0. The number of alkyl halides is 1. The first kappa shape index (κ1) is 13.4. The lowest BCUT2D eigenvalue weighted by Gasteiger charge is -2.10. The minimum absolute atomic E-state index is 0.199. The summed E-state index contributed by atoms with van der Waals surface area (Å²) in [7, 11) is 0. The zero-order valence-corrected chi connectivity index (χ0v) is 12.1. The number of hydrogen-bond donors (Lipinski definition) is 0. The highest BCUT2D eigenvalue weighted by Gasteiger charge is 2.08. The molecule has 0 fully saturated rings. The number of aryl methyl sites for hydroxylation is 1. The minimum Gasteiger partial charge on any atom is -0.454 e. The second-order valence-electron chi connectivity index (χ2n) is 3.91. The van der Waals surface area contributed by atoms with Gasteiger partial charge in [-0.25, -0.2) is 4.39 Å². The Balaban J connectivity index is 2.31. The average Bonchev–Trinajstić information content (AvgIpc) is 2.36. The van der Waals surface area contributed by atoms with Crippen molar-refractivity contribution in [1.29, 1.82) is 0 Å². The third kappa shape index (κ3) is 3.03. The Morgan fingerprint density at radius 3 is 2.61 bits per heavy atom. The number of ether oxygens (including phenoxy) is 1. The normalized spacial score (nSPS) is 10.4. The fraction of sp³-hybridized carbons (Fsp3) is 0.143. The second-order valence-corrected chi connectivity index (χ2v) is 5.09. The van der Waals surface area contributed by atoms with Crippen LogP contribution in [0.1, 0.15) is 11.1 Å². The minimum atomic E-state index is -0.410. The standard InChI is InChI=1S/C14H11BrClFO/c1-9-2-4-11(15)7-14(9)18-13-5-3-10(8-16)6-12(13)17/h2-7H,8H2,1H3. The van der Waals surface area contributed by atoms with E-state index in [1.165, 1.54) is 6.07 Å². The number of hydrogen-bond acceptors (Lipinski definition) is 1. The summed E-state index contributed by atoms with van der Waals surface area (Å²) in [4.78, 5) is 0. The molecular formula is C14H11BrClFO. The predicted molar refractivity (Wildman–Crippen MR) is 74.9 cm³/mol. The van der Waals surface area contributed by atoms with Crippen molar-refractivity contribution in [3.63, 3.8) is 0 Å². The predicted octanol–water partition coefficient (Wildman–Crippen LogP) is 5.43. The van der Waals surface area contributed by atoms with Gasteiger partial charge in [-0.1, -0.05) is 28.1 Å². The zero-order valence-electron chi connectivity index (χ0n) is 9.71. The highest BCUT2D eigenvalue weighted by Crippen LogP contribution is 2.30. The first-order valence-electron chi connectivity index (χ1n) is 5.38.